The van der Waals surface area contributed by atoms with E-state index >= 15 is 0 Å². The number of piperidine rings is 1. The Morgan fingerprint density at radius 2 is 2.02 bits per heavy atom. The number of aromatic carboxylic acids is 1. The van der Waals surface area contributed by atoms with E-state index in [2.05, 4.69) is 32.2 Å². The molecule has 1 spiro atoms. The number of aryl methyl sites for hydroxylation is 1. The van der Waals surface area contributed by atoms with Gasteiger partial charge in [0.25, 0.3) is 0 Å². The van der Waals surface area contributed by atoms with Crippen LogP contribution in [0.2, 0.25) is 0 Å². The molecule has 9 heteroatoms. The molecule has 8 nitrogen and oxygen atoms in total. The largest absolute Gasteiger partial charge is 0.477 e. The van der Waals surface area contributed by atoms with Crippen LogP contribution in [0, 0.1) is 12.3 Å². The van der Waals surface area contributed by atoms with Gasteiger partial charge in [0.05, 0.1) is 5.52 Å². The highest BCUT2D eigenvalue weighted by molar-refractivity contribution is 5.94. The third kappa shape index (κ3) is 4.20. The van der Waals surface area contributed by atoms with Crippen molar-refractivity contribution in [2.45, 2.75) is 44.9 Å². The summed E-state index contributed by atoms with van der Waals surface area (Å²) in [7, 11) is 0. The van der Waals surface area contributed by atoms with E-state index in [9.17, 15) is 14.3 Å². The maximum atomic E-state index is 13.1. The Labute approximate surface area is 230 Å². The van der Waals surface area contributed by atoms with Crippen molar-refractivity contribution in [2.24, 2.45) is 5.41 Å². The van der Waals surface area contributed by atoms with Gasteiger partial charge in [-0.2, -0.15) is 0 Å². The summed E-state index contributed by atoms with van der Waals surface area (Å²) in [5.41, 5.74) is 6.83. The van der Waals surface area contributed by atoms with Gasteiger partial charge in [0.1, 0.15) is 17.2 Å². The number of carboxylic acid groups (broad SMARTS) is 1. The van der Waals surface area contributed by atoms with Crippen molar-refractivity contribution in [2.75, 3.05) is 24.9 Å². The summed E-state index contributed by atoms with van der Waals surface area (Å²) in [6.07, 6.45) is 9.59. The summed E-state index contributed by atoms with van der Waals surface area (Å²) in [5.74, 6) is 0.500. The lowest BCUT2D eigenvalue weighted by atomic mass is 9.63. The van der Waals surface area contributed by atoms with Crippen LogP contribution in [0.1, 0.15) is 65.5 Å². The monoisotopic (exact) mass is 540 g/mol. The first-order valence-corrected chi connectivity index (χ1v) is 13.7. The average Bonchev–Trinajstić information content (AvgIpc) is 3.70. The molecule has 1 aromatic carbocycles. The third-order valence-electron chi connectivity index (χ3n) is 8.58. The molecule has 0 unspecified atom stereocenters. The van der Waals surface area contributed by atoms with Gasteiger partial charge in [0, 0.05) is 59.2 Å². The van der Waals surface area contributed by atoms with Gasteiger partial charge in [-0.05, 0) is 80.3 Å². The van der Waals surface area contributed by atoms with E-state index in [1.807, 2.05) is 25.1 Å². The maximum absolute atomic E-state index is 13.1. The molecule has 4 heterocycles. The summed E-state index contributed by atoms with van der Waals surface area (Å²) in [6, 6.07) is 10.9. The van der Waals surface area contributed by atoms with Gasteiger partial charge in [-0.3, -0.25) is 4.98 Å². The molecule has 40 heavy (non-hydrogen) atoms. The lowest BCUT2D eigenvalue weighted by Gasteiger charge is -2.47. The molecule has 4 aromatic rings. The van der Waals surface area contributed by atoms with E-state index in [1.54, 1.807) is 12.3 Å². The van der Waals surface area contributed by atoms with Crippen LogP contribution in [0.3, 0.4) is 0 Å². The molecule has 204 valence electrons. The molecule has 0 radical (unpaired) electrons. The van der Waals surface area contributed by atoms with Crippen LogP contribution in [0.15, 0.2) is 53.2 Å². The van der Waals surface area contributed by atoms with Crippen LogP contribution in [0.4, 0.5) is 10.1 Å². The van der Waals surface area contributed by atoms with Crippen LogP contribution in [0.5, 0.6) is 5.75 Å². The molecule has 0 bridgehead atoms. The number of allylic oxidation sites excluding steroid dienone is 2. The molecule has 7 rings (SSSR count). The first-order chi connectivity index (χ1) is 19.4. The first kappa shape index (κ1) is 24.7. The van der Waals surface area contributed by atoms with Crippen LogP contribution >= 0.6 is 0 Å². The minimum Gasteiger partial charge on any atom is -0.477 e. The highest BCUT2D eigenvalue weighted by Crippen LogP contribution is 2.55. The van der Waals surface area contributed by atoms with E-state index < -0.39 is 12.8 Å². The number of pyridine rings is 2. The predicted molar refractivity (Wildman–Crippen MR) is 148 cm³/mol. The Balaban J connectivity index is 1.13. The van der Waals surface area contributed by atoms with Crippen molar-refractivity contribution in [3.63, 3.8) is 0 Å². The van der Waals surface area contributed by atoms with Crippen LogP contribution in [-0.4, -0.2) is 46.2 Å². The van der Waals surface area contributed by atoms with Gasteiger partial charge in [-0.25, -0.2) is 14.2 Å². The number of rotatable bonds is 7. The summed E-state index contributed by atoms with van der Waals surface area (Å²) >= 11 is 0. The van der Waals surface area contributed by atoms with E-state index in [4.69, 9.17) is 9.26 Å². The molecule has 1 saturated carbocycles. The molecule has 1 N–H and O–H groups in total. The fourth-order valence-corrected chi connectivity index (χ4v) is 6.23. The Morgan fingerprint density at radius 1 is 1.23 bits per heavy atom. The SMILES string of the molecule is Cc1ncccc1-c1noc(C2CC2)c1C1=CC2(CCN(c3ccc4nc(C(=O)O)cc(OCF)c4c3)CC2)C1. The topological polar surface area (TPSA) is 102 Å². The Morgan fingerprint density at radius 3 is 2.73 bits per heavy atom. The number of fused-ring (bicyclic) bond motifs is 1. The maximum Gasteiger partial charge on any atom is 0.354 e. The Bertz CT molecular complexity index is 1670. The standard InChI is InChI=1S/C31H29FN4O4/c1-18-22(3-2-10-33-18)28-27(29(40-35-28)19-4-5-19)20-15-31(16-20)8-11-36(12-9-31)21-6-7-24-23(13-21)26(39-17-32)14-25(34-24)30(37)38/h2-3,6-7,10,13-15,19H,4-5,8-9,11-12,16-17H2,1H3,(H,37,38). The molecular formula is C31H29FN4O4. The van der Waals surface area contributed by atoms with E-state index in [-0.39, 0.29) is 16.9 Å². The van der Waals surface area contributed by atoms with Crippen molar-refractivity contribution in [1.29, 1.82) is 0 Å². The number of carbonyl (C=O) groups is 1. The third-order valence-corrected chi connectivity index (χ3v) is 8.58. The minimum absolute atomic E-state index is 0.155. The number of aromatic nitrogens is 3. The number of hydrogen-bond donors (Lipinski definition) is 1. The van der Waals surface area contributed by atoms with Crippen LogP contribution in [-0.2, 0) is 0 Å². The molecule has 0 amide bonds. The Hall–Kier alpha value is -4.27. The molecule has 3 aromatic heterocycles. The quantitative estimate of drug-likeness (QED) is 0.282. The van der Waals surface area contributed by atoms with Crippen molar-refractivity contribution in [3.8, 4) is 17.0 Å². The summed E-state index contributed by atoms with van der Waals surface area (Å²) in [5, 5.41) is 14.5. The number of hydrogen-bond acceptors (Lipinski definition) is 7. The average molecular weight is 541 g/mol. The van der Waals surface area contributed by atoms with E-state index in [0.717, 1.165) is 73.6 Å². The van der Waals surface area contributed by atoms with Crippen molar-refractivity contribution in [1.82, 2.24) is 15.1 Å². The lowest BCUT2D eigenvalue weighted by molar-refractivity contribution is 0.0690. The normalized spacial score (nSPS) is 18.1. The zero-order valence-corrected chi connectivity index (χ0v) is 22.2. The number of benzene rings is 1. The fraction of sp³-hybridized carbons (Fsp3) is 0.355. The van der Waals surface area contributed by atoms with Crippen molar-refractivity contribution in [3.05, 3.63) is 71.4 Å². The zero-order valence-electron chi connectivity index (χ0n) is 22.2. The van der Waals surface area contributed by atoms with Crippen molar-refractivity contribution >= 4 is 28.1 Å². The van der Waals surface area contributed by atoms with Gasteiger partial charge >= 0.3 is 5.97 Å². The van der Waals surface area contributed by atoms with Crippen molar-refractivity contribution < 1.29 is 23.6 Å². The Kier molecular flexibility index (Phi) is 5.83. The number of ether oxygens (including phenoxy) is 1. The summed E-state index contributed by atoms with van der Waals surface area (Å²) in [6.45, 7) is 2.73. The van der Waals surface area contributed by atoms with Gasteiger partial charge in [0.15, 0.2) is 5.69 Å². The van der Waals surface area contributed by atoms with E-state index in [0.29, 0.717) is 16.8 Å². The molecule has 2 aliphatic carbocycles. The minimum atomic E-state index is -1.18. The second kappa shape index (κ2) is 9.43. The first-order valence-electron chi connectivity index (χ1n) is 13.7. The lowest BCUT2D eigenvalue weighted by Crippen LogP contribution is -2.42. The summed E-state index contributed by atoms with van der Waals surface area (Å²) in [4.78, 5) is 22.4. The summed E-state index contributed by atoms with van der Waals surface area (Å²) < 4.78 is 24.1. The van der Waals surface area contributed by atoms with Gasteiger partial charge in [-0.1, -0.05) is 11.2 Å². The highest BCUT2D eigenvalue weighted by atomic mass is 19.1. The second-order valence-corrected chi connectivity index (χ2v) is 11.1. The molecule has 2 fully saturated rings. The van der Waals surface area contributed by atoms with Gasteiger partial charge in [-0.15, -0.1) is 0 Å². The second-order valence-electron chi connectivity index (χ2n) is 11.1. The highest BCUT2D eigenvalue weighted by Gasteiger charge is 2.44. The molecule has 3 aliphatic rings. The zero-order chi connectivity index (χ0) is 27.4. The smallest absolute Gasteiger partial charge is 0.354 e. The number of nitrogens with zero attached hydrogens (tertiary/aromatic N) is 4. The predicted octanol–water partition coefficient (Wildman–Crippen LogP) is 6.55. The van der Waals surface area contributed by atoms with Gasteiger partial charge in [0.2, 0.25) is 6.86 Å². The molecule has 0 atom stereocenters. The molecular weight excluding hydrogens is 511 g/mol. The van der Waals surface area contributed by atoms with Gasteiger partial charge < -0.3 is 19.3 Å². The number of carboxylic acids is 1. The number of alkyl halides is 1. The van der Waals surface area contributed by atoms with E-state index in [1.165, 1.54) is 17.2 Å². The molecule has 1 saturated heterocycles. The van der Waals surface area contributed by atoms with Crippen LogP contribution < -0.4 is 9.64 Å². The fourth-order valence-electron chi connectivity index (χ4n) is 6.23. The number of anilines is 1. The van der Waals surface area contributed by atoms with Crippen LogP contribution in [0.25, 0.3) is 27.7 Å². The number of halogens is 1. The molecule has 1 aliphatic heterocycles.